The first-order valence-electron chi connectivity index (χ1n) is 7.33. The van der Waals surface area contributed by atoms with E-state index in [0.717, 1.165) is 25.9 Å². The van der Waals surface area contributed by atoms with Gasteiger partial charge < -0.3 is 4.90 Å². The van der Waals surface area contributed by atoms with Crippen molar-refractivity contribution in [1.29, 1.82) is 0 Å². The van der Waals surface area contributed by atoms with Gasteiger partial charge in [0, 0.05) is 25.2 Å². The lowest BCUT2D eigenvalue weighted by atomic mass is 10.1. The van der Waals surface area contributed by atoms with Crippen molar-refractivity contribution in [3.8, 4) is 0 Å². The predicted octanol–water partition coefficient (Wildman–Crippen LogP) is 3.93. The first kappa shape index (κ1) is 12.9. The molecule has 0 fully saturated rings. The molecule has 0 spiro atoms. The minimum absolute atomic E-state index is 0.976. The minimum atomic E-state index is 0.976. The van der Waals surface area contributed by atoms with Gasteiger partial charge in [0.2, 0.25) is 0 Å². The van der Waals surface area contributed by atoms with E-state index < -0.39 is 0 Å². The van der Waals surface area contributed by atoms with Gasteiger partial charge in [-0.15, -0.1) is 0 Å². The van der Waals surface area contributed by atoms with Gasteiger partial charge in [-0.3, -0.25) is 4.99 Å². The fraction of sp³-hybridized carbons (Fsp3) is 0.278. The Kier molecular flexibility index (Phi) is 4.12. The van der Waals surface area contributed by atoms with Gasteiger partial charge in [-0.2, -0.15) is 0 Å². The Hall–Kier alpha value is -2.09. The summed E-state index contributed by atoms with van der Waals surface area (Å²) in [5.41, 5.74) is 2.64. The van der Waals surface area contributed by atoms with Crippen LogP contribution in [0.1, 0.15) is 18.4 Å². The van der Waals surface area contributed by atoms with E-state index >= 15 is 0 Å². The number of aliphatic imine (C=N–C) groups is 1. The van der Waals surface area contributed by atoms with Crippen LogP contribution in [0.15, 0.2) is 65.7 Å². The quantitative estimate of drug-likeness (QED) is 0.817. The van der Waals surface area contributed by atoms with Crippen molar-refractivity contribution in [2.24, 2.45) is 4.99 Å². The fourth-order valence-electron chi connectivity index (χ4n) is 2.65. The van der Waals surface area contributed by atoms with E-state index in [9.17, 15) is 0 Å². The molecule has 2 heteroatoms. The molecule has 0 unspecified atom stereocenters. The average molecular weight is 264 g/mol. The molecule has 0 saturated carbocycles. The Morgan fingerprint density at radius 3 is 2.25 bits per heavy atom. The van der Waals surface area contributed by atoms with Crippen LogP contribution in [0.3, 0.4) is 0 Å². The number of nitrogens with zero attached hydrogens (tertiary/aromatic N) is 2. The van der Waals surface area contributed by atoms with E-state index in [1.165, 1.54) is 23.5 Å². The van der Waals surface area contributed by atoms with Crippen molar-refractivity contribution in [1.82, 2.24) is 0 Å². The zero-order valence-corrected chi connectivity index (χ0v) is 11.7. The molecule has 2 aromatic rings. The number of para-hydroxylation sites is 1. The van der Waals surface area contributed by atoms with Crippen LogP contribution in [0.25, 0.3) is 0 Å². The van der Waals surface area contributed by atoms with Crippen molar-refractivity contribution >= 4 is 11.5 Å². The minimum Gasteiger partial charge on any atom is -0.330 e. The molecule has 2 aromatic carbocycles. The molecule has 0 aliphatic carbocycles. The lowest BCUT2D eigenvalue weighted by molar-refractivity contribution is 0.913. The maximum Gasteiger partial charge on any atom is 0.103 e. The highest BCUT2D eigenvalue weighted by Crippen LogP contribution is 2.19. The topological polar surface area (TPSA) is 15.6 Å². The molecule has 20 heavy (non-hydrogen) atoms. The molecule has 0 N–H and O–H groups in total. The van der Waals surface area contributed by atoms with Gasteiger partial charge in [-0.1, -0.05) is 48.5 Å². The fourth-order valence-corrected chi connectivity index (χ4v) is 2.65. The highest BCUT2D eigenvalue weighted by Gasteiger charge is 2.16. The van der Waals surface area contributed by atoms with E-state index in [4.69, 9.17) is 0 Å². The number of rotatable bonds is 4. The largest absolute Gasteiger partial charge is 0.330 e. The summed E-state index contributed by atoms with van der Waals surface area (Å²) in [5.74, 6) is 1.24. The summed E-state index contributed by atoms with van der Waals surface area (Å²) in [6.45, 7) is 1.97. The normalized spacial score (nSPS) is 14.1. The third-order valence-electron chi connectivity index (χ3n) is 3.70. The Morgan fingerprint density at radius 2 is 1.60 bits per heavy atom. The highest BCUT2D eigenvalue weighted by molar-refractivity contribution is 5.98. The molecule has 0 saturated heterocycles. The highest BCUT2D eigenvalue weighted by atomic mass is 15.2. The summed E-state index contributed by atoms with van der Waals surface area (Å²) in [6, 6.07) is 21.3. The van der Waals surface area contributed by atoms with Gasteiger partial charge in [-0.25, -0.2) is 0 Å². The van der Waals surface area contributed by atoms with Crippen molar-refractivity contribution in [3.63, 3.8) is 0 Å². The molecule has 1 aliphatic heterocycles. The maximum absolute atomic E-state index is 4.67. The van der Waals surface area contributed by atoms with Crippen LogP contribution in [0.5, 0.6) is 0 Å². The smallest absolute Gasteiger partial charge is 0.103 e. The molecule has 2 nitrogen and oxygen atoms in total. The van der Waals surface area contributed by atoms with Crippen molar-refractivity contribution < 1.29 is 0 Å². The van der Waals surface area contributed by atoms with Crippen LogP contribution in [-0.2, 0) is 6.42 Å². The number of hydrogen-bond donors (Lipinski definition) is 0. The third kappa shape index (κ3) is 3.08. The molecule has 0 amide bonds. The zero-order valence-electron chi connectivity index (χ0n) is 11.7. The summed E-state index contributed by atoms with van der Waals surface area (Å²) in [5, 5.41) is 0. The Morgan fingerprint density at radius 1 is 0.900 bits per heavy atom. The van der Waals surface area contributed by atoms with E-state index in [0.29, 0.717) is 0 Å². The first-order valence-corrected chi connectivity index (χ1v) is 7.33. The standard InChI is InChI=1S/C18H20N2/c1-3-8-16(9-4-1)13-15-20(18-12-7-14-19-18)17-10-5-2-6-11-17/h1-6,8-11H,7,12-15H2. The average Bonchev–Trinajstić information content (AvgIpc) is 3.04. The van der Waals surface area contributed by atoms with Crippen LogP contribution in [0.4, 0.5) is 5.69 Å². The summed E-state index contributed by atoms with van der Waals surface area (Å²) >= 11 is 0. The number of hydrogen-bond acceptors (Lipinski definition) is 2. The number of anilines is 1. The Balaban J connectivity index is 1.76. The molecule has 1 heterocycles. The Labute approximate surface area is 120 Å². The van der Waals surface area contributed by atoms with Crippen LogP contribution in [0.2, 0.25) is 0 Å². The molecule has 0 aromatic heterocycles. The van der Waals surface area contributed by atoms with Crippen molar-refractivity contribution in [3.05, 3.63) is 66.2 Å². The molecule has 0 bridgehead atoms. The van der Waals surface area contributed by atoms with Gasteiger partial charge in [-0.05, 0) is 30.5 Å². The second-order valence-electron chi connectivity index (χ2n) is 5.12. The van der Waals surface area contributed by atoms with Crippen LogP contribution >= 0.6 is 0 Å². The molecule has 0 radical (unpaired) electrons. The molecule has 1 aliphatic rings. The van der Waals surface area contributed by atoms with Crippen LogP contribution in [-0.4, -0.2) is 18.9 Å². The molecular weight excluding hydrogens is 244 g/mol. The summed E-state index contributed by atoms with van der Waals surface area (Å²) in [4.78, 5) is 7.04. The van der Waals surface area contributed by atoms with Gasteiger partial charge in [0.15, 0.2) is 0 Å². The molecule has 102 valence electrons. The van der Waals surface area contributed by atoms with E-state index in [-0.39, 0.29) is 0 Å². The first-order chi connectivity index (χ1) is 9.93. The number of benzene rings is 2. The number of amidine groups is 1. The summed E-state index contributed by atoms with van der Waals surface area (Å²) in [6.07, 6.45) is 3.34. The molecule has 0 atom stereocenters. The van der Waals surface area contributed by atoms with E-state index in [1.807, 2.05) is 0 Å². The Bertz CT molecular complexity index is 560. The van der Waals surface area contributed by atoms with Crippen LogP contribution in [0, 0.1) is 0 Å². The van der Waals surface area contributed by atoms with Gasteiger partial charge >= 0.3 is 0 Å². The van der Waals surface area contributed by atoms with E-state index in [2.05, 4.69) is 70.6 Å². The predicted molar refractivity (Wildman–Crippen MR) is 85.5 cm³/mol. The van der Waals surface area contributed by atoms with Crippen LogP contribution < -0.4 is 4.90 Å². The maximum atomic E-state index is 4.67. The van der Waals surface area contributed by atoms with Crippen molar-refractivity contribution in [2.75, 3.05) is 18.0 Å². The SMILES string of the molecule is c1ccc(CCN(C2=NCCC2)c2ccccc2)cc1. The summed E-state index contributed by atoms with van der Waals surface area (Å²) < 4.78 is 0. The second kappa shape index (κ2) is 6.38. The van der Waals surface area contributed by atoms with Gasteiger partial charge in [0.05, 0.1) is 0 Å². The second-order valence-corrected chi connectivity index (χ2v) is 5.12. The third-order valence-corrected chi connectivity index (χ3v) is 3.70. The monoisotopic (exact) mass is 264 g/mol. The van der Waals surface area contributed by atoms with Crippen molar-refractivity contribution in [2.45, 2.75) is 19.3 Å². The lowest BCUT2D eigenvalue weighted by Gasteiger charge is -2.24. The van der Waals surface area contributed by atoms with Gasteiger partial charge in [0.25, 0.3) is 0 Å². The molecular formula is C18H20N2. The van der Waals surface area contributed by atoms with E-state index in [1.54, 1.807) is 0 Å². The summed E-state index contributed by atoms with van der Waals surface area (Å²) in [7, 11) is 0. The molecule has 3 rings (SSSR count). The van der Waals surface area contributed by atoms with Gasteiger partial charge in [0.1, 0.15) is 5.84 Å². The zero-order chi connectivity index (χ0) is 13.6. The lowest BCUT2D eigenvalue weighted by Crippen LogP contribution is -2.31.